The molecule has 0 heterocycles. The molecule has 1 N–H and O–H groups in total. The highest BCUT2D eigenvalue weighted by molar-refractivity contribution is 5.70. The molecule has 4 heteroatoms. The van der Waals surface area contributed by atoms with Crippen LogP contribution in [0.2, 0.25) is 0 Å². The maximum Gasteiger partial charge on any atom is 0.307 e. The Kier molecular flexibility index (Phi) is 4.80. The van der Waals surface area contributed by atoms with E-state index in [1.54, 1.807) is 7.11 Å². The molecule has 1 unspecified atom stereocenters. The van der Waals surface area contributed by atoms with Gasteiger partial charge in [-0.2, -0.15) is 0 Å². The lowest BCUT2D eigenvalue weighted by Crippen LogP contribution is -2.33. The number of carbonyl (C=O) groups is 1. The van der Waals surface area contributed by atoms with Crippen molar-refractivity contribution < 1.29 is 14.3 Å². The number of esters is 1. The van der Waals surface area contributed by atoms with Crippen LogP contribution in [0.25, 0.3) is 0 Å². The number of methoxy groups -OCH3 is 2. The van der Waals surface area contributed by atoms with E-state index in [-0.39, 0.29) is 12.0 Å². The third kappa shape index (κ3) is 4.24. The largest absolute Gasteiger partial charge is 0.497 e. The first-order chi connectivity index (χ1) is 9.22. The molecular weight excluding hydrogens is 242 g/mol. The molecule has 0 amide bonds. The van der Waals surface area contributed by atoms with Crippen LogP contribution in [0.3, 0.4) is 0 Å². The van der Waals surface area contributed by atoms with Crippen molar-refractivity contribution in [3.63, 3.8) is 0 Å². The molecule has 19 heavy (non-hydrogen) atoms. The average Bonchev–Trinajstić information content (AvgIpc) is 3.27. The van der Waals surface area contributed by atoms with Crippen LogP contribution >= 0.6 is 0 Å². The molecular formula is C15H21NO3. The van der Waals surface area contributed by atoms with Crippen LogP contribution in [-0.2, 0) is 16.1 Å². The first-order valence-corrected chi connectivity index (χ1v) is 6.66. The molecule has 2 rings (SSSR count). The van der Waals surface area contributed by atoms with Crippen LogP contribution in [0.4, 0.5) is 0 Å². The predicted octanol–water partition coefficient (Wildman–Crippen LogP) is 2.13. The zero-order valence-corrected chi connectivity index (χ0v) is 11.5. The predicted molar refractivity (Wildman–Crippen MR) is 73.0 cm³/mol. The third-order valence-electron chi connectivity index (χ3n) is 3.51. The zero-order valence-electron chi connectivity index (χ0n) is 11.5. The monoisotopic (exact) mass is 263 g/mol. The van der Waals surface area contributed by atoms with E-state index in [0.717, 1.165) is 17.9 Å². The number of rotatable bonds is 7. The van der Waals surface area contributed by atoms with E-state index in [2.05, 4.69) is 11.4 Å². The summed E-state index contributed by atoms with van der Waals surface area (Å²) in [6.45, 7) is 0.745. The number of hydrogen-bond acceptors (Lipinski definition) is 4. The zero-order chi connectivity index (χ0) is 13.7. The Balaban J connectivity index is 1.88. The second-order valence-corrected chi connectivity index (χ2v) is 4.96. The van der Waals surface area contributed by atoms with Crippen LogP contribution in [0, 0.1) is 5.92 Å². The highest BCUT2D eigenvalue weighted by Gasteiger charge is 2.32. The summed E-state index contributed by atoms with van der Waals surface area (Å²) in [6, 6.07) is 8.18. The van der Waals surface area contributed by atoms with Gasteiger partial charge in [-0.05, 0) is 36.5 Å². The topological polar surface area (TPSA) is 47.6 Å². The van der Waals surface area contributed by atoms with Gasteiger partial charge in [0.1, 0.15) is 5.75 Å². The van der Waals surface area contributed by atoms with Crippen LogP contribution in [0.5, 0.6) is 5.75 Å². The fourth-order valence-corrected chi connectivity index (χ4v) is 2.20. The molecule has 1 aliphatic rings. The van der Waals surface area contributed by atoms with Gasteiger partial charge < -0.3 is 14.8 Å². The van der Waals surface area contributed by atoms with Gasteiger partial charge in [0.15, 0.2) is 0 Å². The molecule has 104 valence electrons. The molecule has 1 fully saturated rings. The van der Waals surface area contributed by atoms with Crippen molar-refractivity contribution in [1.82, 2.24) is 5.32 Å². The van der Waals surface area contributed by atoms with Crippen LogP contribution < -0.4 is 10.1 Å². The van der Waals surface area contributed by atoms with Gasteiger partial charge >= 0.3 is 5.97 Å². The molecule has 1 aromatic carbocycles. The molecule has 0 aliphatic heterocycles. The molecule has 4 nitrogen and oxygen atoms in total. The number of benzene rings is 1. The fraction of sp³-hybridized carbons (Fsp3) is 0.533. The fourth-order valence-electron chi connectivity index (χ4n) is 2.20. The minimum atomic E-state index is -0.143. The molecule has 1 aliphatic carbocycles. The Morgan fingerprint density at radius 2 is 2.21 bits per heavy atom. The van der Waals surface area contributed by atoms with Gasteiger partial charge in [-0.3, -0.25) is 4.79 Å². The standard InChI is InChI=1S/C15H21NO3/c1-18-13-5-3-4-11(8-13)10-16-14(12-6-7-12)9-15(17)19-2/h3-5,8,12,14,16H,6-7,9-10H2,1-2H3. The van der Waals surface area contributed by atoms with Crippen molar-refractivity contribution in [2.24, 2.45) is 5.92 Å². The number of carbonyl (C=O) groups excluding carboxylic acids is 1. The van der Waals surface area contributed by atoms with E-state index in [9.17, 15) is 4.79 Å². The highest BCUT2D eigenvalue weighted by Crippen LogP contribution is 2.34. The van der Waals surface area contributed by atoms with Crippen molar-refractivity contribution in [3.05, 3.63) is 29.8 Å². The van der Waals surface area contributed by atoms with Crippen molar-refractivity contribution in [3.8, 4) is 5.75 Å². The third-order valence-corrected chi connectivity index (χ3v) is 3.51. The van der Waals surface area contributed by atoms with E-state index in [1.165, 1.54) is 20.0 Å². The van der Waals surface area contributed by atoms with E-state index in [1.807, 2.05) is 18.2 Å². The minimum absolute atomic E-state index is 0.143. The summed E-state index contributed by atoms with van der Waals surface area (Å²) in [7, 11) is 3.10. The quantitative estimate of drug-likeness (QED) is 0.766. The van der Waals surface area contributed by atoms with Gasteiger partial charge in [0.05, 0.1) is 20.6 Å². The SMILES string of the molecule is COC(=O)CC(NCc1cccc(OC)c1)C1CC1. The lowest BCUT2D eigenvalue weighted by molar-refractivity contribution is -0.141. The van der Waals surface area contributed by atoms with Crippen molar-refractivity contribution in [2.75, 3.05) is 14.2 Å². The van der Waals surface area contributed by atoms with Gasteiger partial charge in [0, 0.05) is 12.6 Å². The number of hydrogen-bond donors (Lipinski definition) is 1. The summed E-state index contributed by atoms with van der Waals surface area (Å²) in [5.41, 5.74) is 1.16. The molecule has 1 atom stereocenters. The van der Waals surface area contributed by atoms with E-state index >= 15 is 0 Å². The lowest BCUT2D eigenvalue weighted by atomic mass is 10.1. The lowest BCUT2D eigenvalue weighted by Gasteiger charge is -2.17. The molecule has 0 bridgehead atoms. The Hall–Kier alpha value is -1.55. The molecule has 1 aromatic rings. The van der Waals surface area contributed by atoms with Crippen molar-refractivity contribution in [2.45, 2.75) is 31.8 Å². The van der Waals surface area contributed by atoms with Gasteiger partial charge in [-0.25, -0.2) is 0 Å². The minimum Gasteiger partial charge on any atom is -0.497 e. The maximum absolute atomic E-state index is 11.4. The molecule has 1 saturated carbocycles. The molecule has 0 saturated heterocycles. The normalized spacial score (nSPS) is 15.9. The Morgan fingerprint density at radius 1 is 1.42 bits per heavy atom. The Bertz CT molecular complexity index is 429. The van der Waals surface area contributed by atoms with Gasteiger partial charge in [0.2, 0.25) is 0 Å². The Morgan fingerprint density at radius 3 is 2.84 bits per heavy atom. The summed E-state index contributed by atoms with van der Waals surface area (Å²) in [6.07, 6.45) is 2.85. The summed E-state index contributed by atoms with van der Waals surface area (Å²) >= 11 is 0. The van der Waals surface area contributed by atoms with Crippen LogP contribution in [0.15, 0.2) is 24.3 Å². The second-order valence-electron chi connectivity index (χ2n) is 4.96. The first kappa shape index (κ1) is 13.9. The highest BCUT2D eigenvalue weighted by atomic mass is 16.5. The van der Waals surface area contributed by atoms with Crippen molar-refractivity contribution >= 4 is 5.97 Å². The van der Waals surface area contributed by atoms with Crippen LogP contribution in [0.1, 0.15) is 24.8 Å². The number of ether oxygens (including phenoxy) is 2. The summed E-state index contributed by atoms with van der Waals surface area (Å²) in [4.78, 5) is 11.4. The molecule has 0 aromatic heterocycles. The second kappa shape index (κ2) is 6.57. The maximum atomic E-state index is 11.4. The smallest absolute Gasteiger partial charge is 0.307 e. The Labute approximate surface area is 114 Å². The molecule has 0 radical (unpaired) electrons. The first-order valence-electron chi connectivity index (χ1n) is 6.66. The summed E-state index contributed by atoms with van der Waals surface area (Å²) < 4.78 is 9.95. The van der Waals surface area contributed by atoms with E-state index in [4.69, 9.17) is 9.47 Å². The van der Waals surface area contributed by atoms with Crippen molar-refractivity contribution in [1.29, 1.82) is 0 Å². The number of nitrogens with one attached hydrogen (secondary N) is 1. The van der Waals surface area contributed by atoms with E-state index < -0.39 is 0 Å². The molecule has 0 spiro atoms. The summed E-state index contributed by atoms with van der Waals surface area (Å²) in [5, 5.41) is 3.46. The van der Waals surface area contributed by atoms with Gasteiger partial charge in [-0.1, -0.05) is 12.1 Å². The van der Waals surface area contributed by atoms with Gasteiger partial charge in [0.25, 0.3) is 0 Å². The van der Waals surface area contributed by atoms with Crippen LogP contribution in [-0.4, -0.2) is 26.2 Å². The average molecular weight is 263 g/mol. The summed E-state index contributed by atoms with van der Waals surface area (Å²) in [5.74, 6) is 1.33. The van der Waals surface area contributed by atoms with E-state index in [0.29, 0.717) is 12.3 Å². The van der Waals surface area contributed by atoms with Gasteiger partial charge in [-0.15, -0.1) is 0 Å².